The van der Waals surface area contributed by atoms with Crippen LogP contribution >= 0.6 is 24.8 Å². The lowest BCUT2D eigenvalue weighted by atomic mass is 10.4. The van der Waals surface area contributed by atoms with Gasteiger partial charge >= 0.3 is 0 Å². The smallest absolute Gasteiger partial charge is 0.106 e. The van der Waals surface area contributed by atoms with Gasteiger partial charge in [0.05, 0.1) is 0 Å². The number of carbonyl (C=O) groups excluding carboxylic acids is 2. The monoisotopic (exact) mass is 210 g/mol. The number of hydrogen-bond acceptors (Lipinski definition) is 2. The van der Waals surface area contributed by atoms with Crippen LogP contribution in [0.15, 0.2) is 36.4 Å². The highest BCUT2D eigenvalue weighted by Crippen LogP contribution is 1.79. The Labute approximate surface area is 84.8 Å². The maximum atomic E-state index is 8.00. The van der Waals surface area contributed by atoms with Crippen LogP contribution in [0.3, 0.4) is 0 Å². The number of hydrogen-bond donors (Lipinski definition) is 0. The van der Waals surface area contributed by atoms with Crippen LogP contribution in [0.2, 0.25) is 0 Å². The summed E-state index contributed by atoms with van der Waals surface area (Å²) in [5, 5.41) is 0. The summed E-state index contributed by atoms with van der Waals surface area (Å²) in [5.74, 6) is 0. The fourth-order valence-electron chi connectivity index (χ4n) is 0.385. The van der Waals surface area contributed by atoms with E-state index >= 15 is 0 Å². The van der Waals surface area contributed by atoms with Gasteiger partial charge in [-0.15, -0.1) is 24.8 Å². The molecular weight excluding hydrogens is 199 g/mol. The fourth-order valence-corrected chi connectivity index (χ4v) is 0.385. The minimum absolute atomic E-state index is 0. The molecule has 12 heavy (non-hydrogen) atoms. The van der Waals surface area contributed by atoms with E-state index in [0.29, 0.717) is 0 Å². The normalized spacial score (nSPS) is 4.67. The molecule has 0 fully saturated rings. The van der Waals surface area contributed by atoms with Crippen molar-refractivity contribution < 1.29 is 9.59 Å². The Kier molecular flexibility index (Phi) is 60.0. The van der Waals surface area contributed by atoms with E-state index in [2.05, 4.69) is 0 Å². The highest BCUT2D eigenvalue weighted by molar-refractivity contribution is 5.85. The molecule has 0 radical (unpaired) electrons. The Morgan fingerprint density at radius 3 is 0.667 bits per heavy atom. The first kappa shape index (κ1) is 22.5. The van der Waals surface area contributed by atoms with Crippen LogP contribution in [0, 0.1) is 0 Å². The van der Waals surface area contributed by atoms with Gasteiger partial charge in [-0.3, -0.25) is 0 Å². The first-order valence-electron chi connectivity index (χ1n) is 2.58. The van der Waals surface area contributed by atoms with Crippen molar-refractivity contribution in [2.24, 2.45) is 0 Å². The molecule has 0 N–H and O–H groups in total. The molecule has 1 aromatic rings. The maximum absolute atomic E-state index is 8.00. The second kappa shape index (κ2) is 32.1. The Morgan fingerprint density at radius 2 is 0.583 bits per heavy atom. The summed E-state index contributed by atoms with van der Waals surface area (Å²) in [6.07, 6.45) is 0. The standard InChI is InChI=1S/C6H6.2CH2O.2ClH/c1-2-4-6-5-3-1;2*1-2;;/h1-6H;2*1H2;2*1H. The molecule has 2 nitrogen and oxygen atoms in total. The topological polar surface area (TPSA) is 34.1 Å². The summed E-state index contributed by atoms with van der Waals surface area (Å²) in [6, 6.07) is 12.0. The van der Waals surface area contributed by atoms with Crippen molar-refractivity contribution in [1.82, 2.24) is 0 Å². The third kappa shape index (κ3) is 22.9. The van der Waals surface area contributed by atoms with Crippen LogP contribution in [0.5, 0.6) is 0 Å². The number of halogens is 2. The highest BCUT2D eigenvalue weighted by Gasteiger charge is 1.57. The van der Waals surface area contributed by atoms with Crippen LogP contribution in [-0.2, 0) is 9.59 Å². The lowest BCUT2D eigenvalue weighted by Gasteiger charge is -1.69. The van der Waals surface area contributed by atoms with E-state index in [0.717, 1.165) is 0 Å². The van der Waals surface area contributed by atoms with Gasteiger partial charge in [-0.05, 0) is 0 Å². The Bertz CT molecular complexity index is 107. The van der Waals surface area contributed by atoms with Crippen molar-refractivity contribution in [2.45, 2.75) is 0 Å². The van der Waals surface area contributed by atoms with E-state index in [1.807, 2.05) is 50.0 Å². The Balaban J connectivity index is -0.0000000480. The molecule has 0 amide bonds. The molecule has 0 saturated carbocycles. The maximum Gasteiger partial charge on any atom is 0.106 e. The molecule has 0 aliphatic heterocycles. The van der Waals surface area contributed by atoms with E-state index in [1.54, 1.807) is 0 Å². The molecule has 0 spiro atoms. The molecule has 0 bridgehead atoms. The van der Waals surface area contributed by atoms with Crippen molar-refractivity contribution in [2.75, 3.05) is 0 Å². The van der Waals surface area contributed by atoms with E-state index in [1.165, 1.54) is 0 Å². The van der Waals surface area contributed by atoms with Crippen molar-refractivity contribution in [3.05, 3.63) is 36.4 Å². The molecule has 1 rings (SSSR count). The predicted molar refractivity (Wildman–Crippen MR) is 55.2 cm³/mol. The van der Waals surface area contributed by atoms with Crippen LogP contribution in [0.1, 0.15) is 0 Å². The number of rotatable bonds is 0. The van der Waals surface area contributed by atoms with Gasteiger partial charge in [0, 0.05) is 0 Å². The van der Waals surface area contributed by atoms with Crippen molar-refractivity contribution >= 4 is 38.4 Å². The Hall–Kier alpha value is -0.860. The van der Waals surface area contributed by atoms with Gasteiger partial charge in [0.25, 0.3) is 0 Å². The molecule has 4 heteroatoms. The molecule has 0 aliphatic rings. The lowest BCUT2D eigenvalue weighted by molar-refractivity contribution is -0.0987. The average Bonchev–Trinajstić information content (AvgIpc) is 2.14. The van der Waals surface area contributed by atoms with Crippen LogP contribution in [0.4, 0.5) is 0 Å². The average molecular weight is 211 g/mol. The lowest BCUT2D eigenvalue weighted by Crippen LogP contribution is -1.47. The summed E-state index contributed by atoms with van der Waals surface area (Å²) in [7, 11) is 0. The zero-order valence-corrected chi connectivity index (χ0v) is 8.14. The molecule has 0 heterocycles. The predicted octanol–water partition coefficient (Wildman–Crippen LogP) is 2.16. The molecule has 0 atom stereocenters. The molecule has 1 aromatic carbocycles. The van der Waals surface area contributed by atoms with Crippen LogP contribution in [-0.4, -0.2) is 13.6 Å². The van der Waals surface area contributed by atoms with Crippen molar-refractivity contribution in [3.8, 4) is 0 Å². The second-order valence-corrected chi connectivity index (χ2v) is 1.15. The third-order valence-corrected chi connectivity index (χ3v) is 0.667. The van der Waals surface area contributed by atoms with Crippen LogP contribution < -0.4 is 0 Å². The number of benzene rings is 1. The van der Waals surface area contributed by atoms with Gasteiger partial charge in [0.15, 0.2) is 0 Å². The summed E-state index contributed by atoms with van der Waals surface area (Å²) in [4.78, 5) is 16.0. The zero-order valence-electron chi connectivity index (χ0n) is 6.51. The van der Waals surface area contributed by atoms with Crippen LogP contribution in [0.25, 0.3) is 0 Å². The van der Waals surface area contributed by atoms with Gasteiger partial charge in [0.1, 0.15) is 13.6 Å². The SMILES string of the molecule is C=O.C=O.Cl.Cl.c1ccccc1. The largest absolute Gasteiger partial charge is 0.307 e. The Morgan fingerprint density at radius 1 is 0.500 bits per heavy atom. The minimum atomic E-state index is 0. The van der Waals surface area contributed by atoms with Gasteiger partial charge < -0.3 is 9.59 Å². The first-order valence-corrected chi connectivity index (χ1v) is 2.58. The van der Waals surface area contributed by atoms with E-state index in [-0.39, 0.29) is 24.8 Å². The van der Waals surface area contributed by atoms with Gasteiger partial charge in [0.2, 0.25) is 0 Å². The molecule has 0 unspecified atom stereocenters. The van der Waals surface area contributed by atoms with Gasteiger partial charge in [-0.1, -0.05) is 36.4 Å². The number of carbonyl (C=O) groups is 2. The summed E-state index contributed by atoms with van der Waals surface area (Å²) in [5.41, 5.74) is 0. The molecule has 0 aliphatic carbocycles. The minimum Gasteiger partial charge on any atom is -0.307 e. The quantitative estimate of drug-likeness (QED) is 0.658. The van der Waals surface area contributed by atoms with Crippen molar-refractivity contribution in [1.29, 1.82) is 0 Å². The first-order chi connectivity index (χ1) is 5.00. The summed E-state index contributed by atoms with van der Waals surface area (Å²) >= 11 is 0. The zero-order chi connectivity index (χ0) is 8.24. The third-order valence-electron chi connectivity index (χ3n) is 0.667. The fraction of sp³-hybridized carbons (Fsp3) is 0. The summed E-state index contributed by atoms with van der Waals surface area (Å²) < 4.78 is 0. The van der Waals surface area contributed by atoms with E-state index in [9.17, 15) is 0 Å². The highest BCUT2D eigenvalue weighted by atomic mass is 35.5. The van der Waals surface area contributed by atoms with Crippen molar-refractivity contribution in [3.63, 3.8) is 0 Å². The summed E-state index contributed by atoms with van der Waals surface area (Å²) in [6.45, 7) is 4.00. The van der Waals surface area contributed by atoms with E-state index < -0.39 is 0 Å². The van der Waals surface area contributed by atoms with Gasteiger partial charge in [-0.25, -0.2) is 0 Å². The molecular formula is C8H12Cl2O2. The van der Waals surface area contributed by atoms with E-state index in [4.69, 9.17) is 9.59 Å². The molecule has 70 valence electrons. The second-order valence-electron chi connectivity index (χ2n) is 1.15. The molecule has 0 saturated heterocycles. The van der Waals surface area contributed by atoms with Gasteiger partial charge in [-0.2, -0.15) is 0 Å². The molecule has 0 aromatic heterocycles.